The van der Waals surface area contributed by atoms with E-state index in [1.54, 1.807) is 0 Å². The summed E-state index contributed by atoms with van der Waals surface area (Å²) in [6.07, 6.45) is 0.859. The Balaban J connectivity index is 2.64. The number of hydrazine groups is 1. The van der Waals surface area contributed by atoms with E-state index in [1.807, 2.05) is 0 Å². The monoisotopic (exact) mass is 160 g/mol. The summed E-state index contributed by atoms with van der Waals surface area (Å²) in [7, 11) is 0. The summed E-state index contributed by atoms with van der Waals surface area (Å²) in [5.74, 6) is 4.25. The van der Waals surface area contributed by atoms with Crippen LogP contribution in [0, 0.1) is 0 Å². The van der Waals surface area contributed by atoms with Crippen LogP contribution in [0.5, 0.6) is 0 Å². The number of hydrogen-bond donors (Lipinski definition) is 3. The minimum atomic E-state index is -0.960. The maximum atomic E-state index is 10.7. The molecule has 0 unspecified atom stereocenters. The Hall–Kier alpha value is -0.650. The van der Waals surface area contributed by atoms with E-state index >= 15 is 0 Å². The van der Waals surface area contributed by atoms with E-state index in [0.29, 0.717) is 26.1 Å². The van der Waals surface area contributed by atoms with Crippen LogP contribution in [-0.4, -0.2) is 29.8 Å². The average molecular weight is 160 g/mol. The predicted octanol–water partition coefficient (Wildman–Crippen LogP) is -0.917. The number of carboxylic acids is 1. The molecule has 0 aromatic heterocycles. The fourth-order valence-corrected chi connectivity index (χ4v) is 1.14. The molecule has 1 rings (SSSR count). The molecule has 1 fully saturated rings. The Morgan fingerprint density at radius 1 is 1.55 bits per heavy atom. The second kappa shape index (κ2) is 3.17. The summed E-state index contributed by atoms with van der Waals surface area (Å²) in [5, 5.41) is 8.79. The van der Waals surface area contributed by atoms with Crippen molar-refractivity contribution in [3.05, 3.63) is 0 Å². The Morgan fingerprint density at radius 2 is 2.09 bits per heavy atom. The van der Waals surface area contributed by atoms with Gasteiger partial charge >= 0.3 is 5.97 Å². The molecular formula is C6H12N2O3. The zero-order chi connectivity index (χ0) is 8.32. The van der Waals surface area contributed by atoms with Gasteiger partial charge in [0.05, 0.1) is 0 Å². The number of aliphatic carboxylic acids is 1. The van der Waals surface area contributed by atoms with Gasteiger partial charge in [0.2, 0.25) is 0 Å². The van der Waals surface area contributed by atoms with E-state index in [-0.39, 0.29) is 0 Å². The van der Waals surface area contributed by atoms with Gasteiger partial charge in [-0.1, -0.05) is 0 Å². The van der Waals surface area contributed by atoms with Crippen LogP contribution in [0.15, 0.2) is 0 Å². The Labute approximate surface area is 64.5 Å². The van der Waals surface area contributed by atoms with E-state index < -0.39 is 11.5 Å². The zero-order valence-electron chi connectivity index (χ0n) is 6.17. The minimum absolute atomic E-state index is 0.429. The van der Waals surface area contributed by atoms with Crippen molar-refractivity contribution in [3.63, 3.8) is 0 Å². The molecule has 0 bridgehead atoms. The lowest BCUT2D eigenvalue weighted by Gasteiger charge is -2.31. The highest BCUT2D eigenvalue weighted by Crippen LogP contribution is 2.19. The lowest BCUT2D eigenvalue weighted by molar-refractivity contribution is -0.149. The number of rotatable bonds is 2. The minimum Gasteiger partial charge on any atom is -0.480 e. The third-order valence-electron chi connectivity index (χ3n) is 2.03. The molecule has 11 heavy (non-hydrogen) atoms. The molecule has 0 aromatic rings. The van der Waals surface area contributed by atoms with Crippen LogP contribution in [0.4, 0.5) is 0 Å². The lowest BCUT2D eigenvalue weighted by Crippen LogP contribution is -2.58. The van der Waals surface area contributed by atoms with E-state index in [2.05, 4.69) is 5.43 Å². The highest BCUT2D eigenvalue weighted by Gasteiger charge is 2.38. The summed E-state index contributed by atoms with van der Waals surface area (Å²) < 4.78 is 5.02. The second-order valence-electron chi connectivity index (χ2n) is 2.64. The maximum absolute atomic E-state index is 10.7. The topological polar surface area (TPSA) is 84.6 Å². The smallest absolute Gasteiger partial charge is 0.325 e. The molecule has 4 N–H and O–H groups in total. The number of nitrogens with two attached hydrogens (primary N) is 1. The van der Waals surface area contributed by atoms with Crippen LogP contribution >= 0.6 is 0 Å². The molecule has 0 aliphatic carbocycles. The number of carboxylic acid groups (broad SMARTS) is 1. The molecule has 0 amide bonds. The molecule has 0 aromatic carbocycles. The third-order valence-corrected chi connectivity index (χ3v) is 2.03. The Kier molecular flexibility index (Phi) is 2.43. The first-order valence-electron chi connectivity index (χ1n) is 3.50. The van der Waals surface area contributed by atoms with Gasteiger partial charge in [0.25, 0.3) is 0 Å². The van der Waals surface area contributed by atoms with Crippen molar-refractivity contribution >= 4 is 5.97 Å². The van der Waals surface area contributed by atoms with Gasteiger partial charge in [0.15, 0.2) is 0 Å². The van der Waals surface area contributed by atoms with Crippen LogP contribution in [-0.2, 0) is 9.53 Å². The van der Waals surface area contributed by atoms with Crippen molar-refractivity contribution in [2.45, 2.75) is 18.4 Å². The van der Waals surface area contributed by atoms with Crippen molar-refractivity contribution in [2.75, 3.05) is 13.2 Å². The average Bonchev–Trinajstić information content (AvgIpc) is 2.05. The first kappa shape index (κ1) is 8.45. The highest BCUT2D eigenvalue weighted by atomic mass is 16.5. The van der Waals surface area contributed by atoms with Crippen LogP contribution in [0.2, 0.25) is 0 Å². The first-order chi connectivity index (χ1) is 5.21. The van der Waals surface area contributed by atoms with Crippen LogP contribution in [0.25, 0.3) is 0 Å². The van der Waals surface area contributed by atoms with Crippen molar-refractivity contribution in [3.8, 4) is 0 Å². The zero-order valence-corrected chi connectivity index (χ0v) is 6.17. The van der Waals surface area contributed by atoms with E-state index in [9.17, 15) is 4.79 Å². The summed E-state index contributed by atoms with van der Waals surface area (Å²) in [6, 6.07) is 0. The van der Waals surface area contributed by atoms with Gasteiger partial charge in [-0.15, -0.1) is 0 Å². The third kappa shape index (κ3) is 1.50. The summed E-state index contributed by atoms with van der Waals surface area (Å²) in [6.45, 7) is 0.910. The van der Waals surface area contributed by atoms with Crippen molar-refractivity contribution in [1.29, 1.82) is 0 Å². The van der Waals surface area contributed by atoms with Gasteiger partial charge in [0, 0.05) is 26.1 Å². The quantitative estimate of drug-likeness (QED) is 0.359. The molecule has 0 saturated carbocycles. The molecule has 1 saturated heterocycles. The molecule has 1 aliphatic heterocycles. The fraction of sp³-hybridized carbons (Fsp3) is 0.833. The standard InChI is InChI=1S/C6H12N2O3/c7-8-6(5(9)10)1-3-11-4-2-6/h8H,1-4,7H2,(H,9,10). The first-order valence-corrected chi connectivity index (χ1v) is 3.50. The van der Waals surface area contributed by atoms with E-state index in [0.717, 1.165) is 0 Å². The molecule has 5 nitrogen and oxygen atoms in total. The summed E-state index contributed by atoms with van der Waals surface area (Å²) >= 11 is 0. The molecule has 64 valence electrons. The molecule has 1 aliphatic rings. The number of carbonyl (C=O) groups is 1. The van der Waals surface area contributed by atoms with Crippen molar-refractivity contribution in [1.82, 2.24) is 5.43 Å². The van der Waals surface area contributed by atoms with Crippen LogP contribution in [0.3, 0.4) is 0 Å². The van der Waals surface area contributed by atoms with Crippen LogP contribution < -0.4 is 11.3 Å². The highest BCUT2D eigenvalue weighted by molar-refractivity contribution is 5.78. The molecule has 0 spiro atoms. The van der Waals surface area contributed by atoms with Crippen molar-refractivity contribution < 1.29 is 14.6 Å². The predicted molar refractivity (Wildman–Crippen MR) is 37.7 cm³/mol. The van der Waals surface area contributed by atoms with Gasteiger partial charge in [-0.25, -0.2) is 5.43 Å². The molecular weight excluding hydrogens is 148 g/mol. The van der Waals surface area contributed by atoms with Gasteiger partial charge in [0.1, 0.15) is 5.54 Å². The second-order valence-corrected chi connectivity index (χ2v) is 2.64. The van der Waals surface area contributed by atoms with Gasteiger partial charge in [-0.05, 0) is 0 Å². The Morgan fingerprint density at radius 3 is 2.36 bits per heavy atom. The Bertz CT molecular complexity index is 154. The van der Waals surface area contributed by atoms with E-state index in [1.165, 1.54) is 0 Å². The van der Waals surface area contributed by atoms with Crippen molar-refractivity contribution in [2.24, 2.45) is 5.84 Å². The molecule has 0 atom stereocenters. The van der Waals surface area contributed by atoms with Gasteiger partial charge in [-0.3, -0.25) is 10.6 Å². The SMILES string of the molecule is NNC1(C(=O)O)CCOCC1. The largest absolute Gasteiger partial charge is 0.480 e. The summed E-state index contributed by atoms with van der Waals surface area (Å²) in [4.78, 5) is 10.7. The fourth-order valence-electron chi connectivity index (χ4n) is 1.14. The molecule has 5 heteroatoms. The number of ether oxygens (including phenoxy) is 1. The van der Waals surface area contributed by atoms with Crippen LogP contribution in [0.1, 0.15) is 12.8 Å². The normalized spacial score (nSPS) is 23.0. The lowest BCUT2D eigenvalue weighted by atomic mass is 9.91. The number of nitrogens with one attached hydrogen (secondary N) is 1. The van der Waals surface area contributed by atoms with Gasteiger partial charge in [-0.2, -0.15) is 0 Å². The maximum Gasteiger partial charge on any atom is 0.325 e. The molecule has 0 radical (unpaired) electrons. The number of hydrogen-bond acceptors (Lipinski definition) is 4. The molecule has 1 heterocycles. The van der Waals surface area contributed by atoms with Gasteiger partial charge < -0.3 is 9.84 Å². The van der Waals surface area contributed by atoms with E-state index in [4.69, 9.17) is 15.7 Å². The summed E-state index contributed by atoms with van der Waals surface area (Å²) in [5.41, 5.74) is 1.38.